The minimum absolute atomic E-state index is 0.280. The summed E-state index contributed by atoms with van der Waals surface area (Å²) in [5.41, 5.74) is 1.86. The first kappa shape index (κ1) is 15.1. The van der Waals surface area contributed by atoms with Crippen LogP contribution in [0.3, 0.4) is 0 Å². The molecule has 4 rings (SSSR count). The van der Waals surface area contributed by atoms with Crippen molar-refractivity contribution in [2.75, 3.05) is 5.32 Å². The Hall–Kier alpha value is -2.50. The highest BCUT2D eigenvalue weighted by molar-refractivity contribution is 5.97. The van der Waals surface area contributed by atoms with E-state index in [0.717, 1.165) is 35.5 Å². The highest BCUT2D eigenvalue weighted by atomic mass is 19.1. The number of nitrogens with zero attached hydrogens (tertiary/aromatic N) is 3. The van der Waals surface area contributed by atoms with Gasteiger partial charge in [-0.25, -0.2) is 9.37 Å². The molecule has 3 aromatic rings. The van der Waals surface area contributed by atoms with E-state index in [9.17, 15) is 4.39 Å². The normalized spacial score (nSPS) is 21.1. The number of aromatic nitrogens is 3. The highest BCUT2D eigenvalue weighted by Crippen LogP contribution is 2.33. The fourth-order valence-electron chi connectivity index (χ4n) is 3.30. The van der Waals surface area contributed by atoms with Crippen LogP contribution in [0.1, 0.15) is 32.6 Å². The third-order valence-electron chi connectivity index (χ3n) is 4.75. The Morgan fingerprint density at radius 1 is 1.08 bits per heavy atom. The van der Waals surface area contributed by atoms with Gasteiger partial charge in [0.25, 0.3) is 5.71 Å². The smallest absolute Gasteiger partial charge is 0.263 e. The topological polar surface area (TPSA) is 63.8 Å². The molecule has 0 aliphatic heterocycles. The van der Waals surface area contributed by atoms with Gasteiger partial charge in [-0.05, 0) is 55.9 Å². The van der Waals surface area contributed by atoms with Gasteiger partial charge in [-0.3, -0.25) is 0 Å². The molecule has 0 atom stereocenters. The first-order chi connectivity index (χ1) is 11.7. The largest absolute Gasteiger partial charge is 0.367 e. The fraction of sp³-hybridized carbons (Fsp3) is 0.389. The number of fused-ring (bicyclic) bond motifs is 1. The van der Waals surface area contributed by atoms with Crippen LogP contribution >= 0.6 is 0 Å². The van der Waals surface area contributed by atoms with Crippen LogP contribution in [0.25, 0.3) is 22.4 Å². The lowest BCUT2D eigenvalue weighted by atomic mass is 9.87. The van der Waals surface area contributed by atoms with E-state index < -0.39 is 0 Å². The molecular formula is C18H19FN4O. The van der Waals surface area contributed by atoms with Gasteiger partial charge in [0.15, 0.2) is 0 Å². The molecule has 1 aliphatic rings. The number of halogens is 1. The van der Waals surface area contributed by atoms with E-state index in [4.69, 9.17) is 4.52 Å². The van der Waals surface area contributed by atoms with Crippen LogP contribution in [0.4, 0.5) is 10.2 Å². The molecule has 0 spiro atoms. The van der Waals surface area contributed by atoms with Gasteiger partial charge in [-0.1, -0.05) is 12.1 Å². The van der Waals surface area contributed by atoms with Crippen molar-refractivity contribution in [2.45, 2.75) is 38.6 Å². The molecule has 1 N–H and O–H groups in total. The molecule has 0 saturated heterocycles. The molecule has 0 radical (unpaired) electrons. The van der Waals surface area contributed by atoms with Gasteiger partial charge in [0.05, 0.1) is 0 Å². The van der Waals surface area contributed by atoms with E-state index in [1.54, 1.807) is 12.1 Å². The fourth-order valence-corrected chi connectivity index (χ4v) is 3.30. The van der Waals surface area contributed by atoms with Gasteiger partial charge in [-0.2, -0.15) is 4.98 Å². The maximum Gasteiger partial charge on any atom is 0.263 e. The van der Waals surface area contributed by atoms with Crippen LogP contribution < -0.4 is 5.32 Å². The highest BCUT2D eigenvalue weighted by Gasteiger charge is 2.22. The van der Waals surface area contributed by atoms with Crippen molar-refractivity contribution in [3.05, 3.63) is 36.4 Å². The Bertz CT molecular complexity index is 838. The van der Waals surface area contributed by atoms with Crippen molar-refractivity contribution in [1.82, 2.24) is 15.1 Å². The van der Waals surface area contributed by atoms with Gasteiger partial charge >= 0.3 is 0 Å². The maximum atomic E-state index is 13.2. The molecule has 0 amide bonds. The van der Waals surface area contributed by atoms with Crippen molar-refractivity contribution in [2.24, 2.45) is 5.92 Å². The second-order valence-corrected chi connectivity index (χ2v) is 6.54. The van der Waals surface area contributed by atoms with E-state index in [2.05, 4.69) is 27.4 Å². The molecule has 24 heavy (non-hydrogen) atoms. The second kappa shape index (κ2) is 6.19. The molecule has 124 valence electrons. The molecule has 2 heterocycles. The number of rotatable bonds is 3. The Kier molecular flexibility index (Phi) is 3.88. The zero-order chi connectivity index (χ0) is 16.5. The van der Waals surface area contributed by atoms with Crippen molar-refractivity contribution in [3.8, 4) is 11.3 Å². The van der Waals surface area contributed by atoms with Crippen LogP contribution in [0, 0.1) is 11.7 Å². The summed E-state index contributed by atoms with van der Waals surface area (Å²) < 4.78 is 18.5. The molecule has 0 bridgehead atoms. The van der Waals surface area contributed by atoms with Crippen molar-refractivity contribution < 1.29 is 8.91 Å². The minimum atomic E-state index is -0.280. The predicted octanol–water partition coefficient (Wildman–Crippen LogP) is 4.41. The molecule has 1 aliphatic carbocycles. The molecule has 2 aromatic heterocycles. The average molecular weight is 326 g/mol. The van der Waals surface area contributed by atoms with E-state index in [0.29, 0.717) is 17.4 Å². The lowest BCUT2D eigenvalue weighted by Crippen LogP contribution is -2.25. The molecule has 1 fully saturated rings. The number of hydrogen-bond donors (Lipinski definition) is 1. The summed E-state index contributed by atoms with van der Waals surface area (Å²) in [5.74, 6) is 1.25. The predicted molar refractivity (Wildman–Crippen MR) is 90.0 cm³/mol. The number of benzene rings is 1. The Morgan fingerprint density at radius 2 is 1.83 bits per heavy atom. The van der Waals surface area contributed by atoms with Gasteiger partial charge in [-0.15, -0.1) is 0 Å². The van der Waals surface area contributed by atoms with Gasteiger partial charge in [0.2, 0.25) is 0 Å². The summed E-state index contributed by atoms with van der Waals surface area (Å²) in [6, 6.07) is 6.59. The van der Waals surface area contributed by atoms with Crippen LogP contribution in [0.2, 0.25) is 0 Å². The van der Waals surface area contributed by atoms with Gasteiger partial charge < -0.3 is 9.84 Å². The van der Waals surface area contributed by atoms with Crippen LogP contribution in [-0.4, -0.2) is 21.2 Å². The van der Waals surface area contributed by atoms with E-state index >= 15 is 0 Å². The van der Waals surface area contributed by atoms with E-state index in [1.165, 1.54) is 31.3 Å². The molecule has 1 aromatic carbocycles. The van der Waals surface area contributed by atoms with E-state index in [-0.39, 0.29) is 5.82 Å². The average Bonchev–Trinajstić information content (AvgIpc) is 3.03. The standard InChI is InChI=1S/C18H19FN4O/c1-11-2-8-14(9-3-11)22-17-15-16(12-4-6-13(19)7-5-12)23-24-18(15)21-10-20-17/h4-7,10-11,14H,2-3,8-9H2,1H3,(H,20,21,22). The third-order valence-corrected chi connectivity index (χ3v) is 4.75. The van der Waals surface area contributed by atoms with Crippen molar-refractivity contribution in [1.29, 1.82) is 0 Å². The monoisotopic (exact) mass is 326 g/mol. The quantitative estimate of drug-likeness (QED) is 0.772. The maximum absolute atomic E-state index is 13.2. The molecular weight excluding hydrogens is 307 g/mol. The third kappa shape index (κ3) is 2.84. The summed E-state index contributed by atoms with van der Waals surface area (Å²) in [4.78, 5) is 8.56. The lowest BCUT2D eigenvalue weighted by molar-refractivity contribution is 0.361. The SMILES string of the molecule is CC1CCC(Nc2ncnc3onc(-c4ccc(F)cc4)c23)CC1. The molecule has 0 unspecified atom stereocenters. The molecule has 1 saturated carbocycles. The summed E-state index contributed by atoms with van der Waals surface area (Å²) in [7, 11) is 0. The van der Waals surface area contributed by atoms with Crippen molar-refractivity contribution >= 4 is 16.9 Å². The number of anilines is 1. The Labute approximate surface area is 139 Å². The van der Waals surface area contributed by atoms with E-state index in [1.807, 2.05) is 0 Å². The Morgan fingerprint density at radius 3 is 2.58 bits per heavy atom. The molecule has 6 heteroatoms. The van der Waals surface area contributed by atoms with Gasteiger partial charge in [0, 0.05) is 11.6 Å². The van der Waals surface area contributed by atoms with Crippen LogP contribution in [0.15, 0.2) is 35.1 Å². The Balaban J connectivity index is 1.70. The zero-order valence-corrected chi connectivity index (χ0v) is 13.5. The second-order valence-electron chi connectivity index (χ2n) is 6.54. The summed E-state index contributed by atoms with van der Waals surface area (Å²) in [6.07, 6.45) is 6.18. The summed E-state index contributed by atoms with van der Waals surface area (Å²) >= 11 is 0. The van der Waals surface area contributed by atoms with Crippen molar-refractivity contribution in [3.63, 3.8) is 0 Å². The van der Waals surface area contributed by atoms with Crippen LogP contribution in [0.5, 0.6) is 0 Å². The lowest BCUT2D eigenvalue weighted by Gasteiger charge is -2.27. The number of hydrogen-bond acceptors (Lipinski definition) is 5. The number of nitrogens with one attached hydrogen (secondary N) is 1. The summed E-state index contributed by atoms with van der Waals surface area (Å²) in [6.45, 7) is 2.30. The zero-order valence-electron chi connectivity index (χ0n) is 13.5. The minimum Gasteiger partial charge on any atom is -0.367 e. The van der Waals surface area contributed by atoms with Gasteiger partial charge in [0.1, 0.15) is 29.0 Å². The first-order valence-corrected chi connectivity index (χ1v) is 8.33. The van der Waals surface area contributed by atoms with Crippen LogP contribution in [-0.2, 0) is 0 Å². The first-order valence-electron chi connectivity index (χ1n) is 8.33. The summed E-state index contributed by atoms with van der Waals surface area (Å²) in [5, 5.41) is 8.40. The molecule has 5 nitrogen and oxygen atoms in total.